The van der Waals surface area contributed by atoms with Crippen LogP contribution in [0, 0.1) is 5.92 Å². The Kier molecular flexibility index (Phi) is 9.02. The smallest absolute Gasteiger partial charge is 0.259 e. The quantitative estimate of drug-likeness (QED) is 0.186. The lowest BCUT2D eigenvalue weighted by Gasteiger charge is -2.28. The van der Waals surface area contributed by atoms with Gasteiger partial charge in [0.2, 0.25) is 15.9 Å². The summed E-state index contributed by atoms with van der Waals surface area (Å²) < 4.78 is 39.5. The molecule has 2 aliphatic carbocycles. The highest BCUT2D eigenvalue weighted by atomic mass is 32.2. The van der Waals surface area contributed by atoms with Gasteiger partial charge in [-0.15, -0.1) is 6.58 Å². The van der Waals surface area contributed by atoms with E-state index in [0.717, 1.165) is 5.56 Å². The van der Waals surface area contributed by atoms with Crippen molar-refractivity contribution >= 4 is 38.6 Å². The first kappa shape index (κ1) is 34.2. The molecule has 3 N–H and O–H groups in total. The number of benzene rings is 3. The van der Waals surface area contributed by atoms with Gasteiger partial charge in [0, 0.05) is 35.4 Å². The number of fused-ring (bicyclic) bond motifs is 1. The van der Waals surface area contributed by atoms with Gasteiger partial charge in [0.15, 0.2) is 6.10 Å². The number of likely N-dealkylation sites (tertiary alicyclic amines) is 1. The highest BCUT2D eigenvalue weighted by molar-refractivity contribution is 7.91. The second-order valence-electron chi connectivity index (χ2n) is 13.2. The number of methoxy groups -OCH3 is 1. The fourth-order valence-corrected chi connectivity index (χ4v) is 8.03. The number of aliphatic hydroxyl groups excluding tert-OH is 1. The summed E-state index contributed by atoms with van der Waals surface area (Å²) in [7, 11) is -2.32. The summed E-state index contributed by atoms with van der Waals surface area (Å²) >= 11 is 0. The highest BCUT2D eigenvalue weighted by Crippen LogP contribution is 2.45. The summed E-state index contributed by atoms with van der Waals surface area (Å²) in [5, 5.41) is 14.0. The number of nitrogens with zero attached hydrogens (tertiary/aromatic N) is 2. The fraction of sp³-hybridized carbons (Fsp3) is 0.316. The predicted octanol–water partition coefficient (Wildman–Crippen LogP) is 3.66. The summed E-state index contributed by atoms with van der Waals surface area (Å²) in [5.41, 5.74) is 0.917. The van der Waals surface area contributed by atoms with Crippen LogP contribution in [0.25, 0.3) is 22.2 Å². The van der Waals surface area contributed by atoms with Crippen molar-refractivity contribution in [2.24, 2.45) is 5.92 Å². The van der Waals surface area contributed by atoms with Gasteiger partial charge in [-0.05, 0) is 37.0 Å². The first-order valence-electron chi connectivity index (χ1n) is 16.8. The van der Waals surface area contributed by atoms with Crippen LogP contribution in [0.2, 0.25) is 0 Å². The van der Waals surface area contributed by atoms with Crippen molar-refractivity contribution in [3.8, 4) is 22.8 Å². The molecule has 264 valence electrons. The third kappa shape index (κ3) is 6.78. The Balaban J connectivity index is 1.20. The van der Waals surface area contributed by atoms with E-state index in [9.17, 15) is 27.9 Å². The Morgan fingerprint density at radius 1 is 1.04 bits per heavy atom. The molecule has 13 heteroatoms. The Bertz CT molecular complexity index is 2110. The van der Waals surface area contributed by atoms with Gasteiger partial charge in [-0.25, -0.2) is 13.4 Å². The normalized spacial score (nSPS) is 23.3. The van der Waals surface area contributed by atoms with Crippen LogP contribution in [0.4, 0.5) is 0 Å². The topological polar surface area (TPSA) is 164 Å². The molecule has 0 unspecified atom stereocenters. The lowest BCUT2D eigenvalue weighted by molar-refractivity contribution is -0.146. The van der Waals surface area contributed by atoms with E-state index < -0.39 is 62.7 Å². The van der Waals surface area contributed by atoms with Gasteiger partial charge >= 0.3 is 0 Å². The molecule has 3 aromatic carbocycles. The predicted molar refractivity (Wildman–Crippen MR) is 189 cm³/mol. The van der Waals surface area contributed by atoms with E-state index in [-0.39, 0.29) is 19.4 Å². The SMILES string of the molecule is C=C[C@@H]1C[C@]1(NC(=O)[C@@H]1C[C@@H](Oc2cc(-c3ccccc3)nc3cc(OC)ccc23)CN1C(=O)[C@H](O)c1ccccc1)C(=O)NS(=O)(=O)C1CC1. The van der Waals surface area contributed by atoms with E-state index >= 15 is 0 Å². The number of carbonyl (C=O) groups is 3. The molecule has 1 aliphatic heterocycles. The molecule has 2 heterocycles. The molecule has 1 saturated heterocycles. The van der Waals surface area contributed by atoms with E-state index in [1.807, 2.05) is 36.4 Å². The number of rotatable bonds is 12. The number of hydrogen-bond acceptors (Lipinski definition) is 9. The molecule has 3 aliphatic rings. The van der Waals surface area contributed by atoms with Crippen LogP contribution in [0.15, 0.2) is 97.6 Å². The fourth-order valence-electron chi connectivity index (χ4n) is 6.67. The summed E-state index contributed by atoms with van der Waals surface area (Å²) in [6, 6.07) is 24.0. The van der Waals surface area contributed by atoms with Crippen molar-refractivity contribution in [2.45, 2.75) is 54.7 Å². The zero-order chi connectivity index (χ0) is 35.9. The molecular formula is C38H38N4O8S. The third-order valence-electron chi connectivity index (χ3n) is 9.79. The van der Waals surface area contributed by atoms with Crippen molar-refractivity contribution in [1.29, 1.82) is 0 Å². The van der Waals surface area contributed by atoms with Crippen LogP contribution in [0.3, 0.4) is 0 Å². The molecule has 4 aromatic rings. The van der Waals surface area contributed by atoms with E-state index in [1.54, 1.807) is 55.6 Å². The van der Waals surface area contributed by atoms with Crippen molar-refractivity contribution in [2.75, 3.05) is 13.7 Å². The second-order valence-corrected chi connectivity index (χ2v) is 15.2. The van der Waals surface area contributed by atoms with Gasteiger partial charge in [-0.1, -0.05) is 66.7 Å². The van der Waals surface area contributed by atoms with Gasteiger partial charge in [0.05, 0.1) is 30.1 Å². The number of aliphatic hydroxyl groups is 1. The average Bonchev–Trinajstić information content (AvgIpc) is 4.08. The van der Waals surface area contributed by atoms with Gasteiger partial charge < -0.3 is 24.8 Å². The molecule has 3 amide bonds. The Morgan fingerprint density at radius 2 is 1.75 bits per heavy atom. The number of carbonyl (C=O) groups excluding carboxylic acids is 3. The maximum absolute atomic E-state index is 14.1. The Hall–Kier alpha value is -5.27. The van der Waals surface area contributed by atoms with E-state index in [0.29, 0.717) is 46.5 Å². The van der Waals surface area contributed by atoms with Crippen LogP contribution in [0.1, 0.15) is 37.4 Å². The van der Waals surface area contributed by atoms with E-state index in [1.165, 1.54) is 11.0 Å². The number of aromatic nitrogens is 1. The van der Waals surface area contributed by atoms with Gasteiger partial charge in [-0.2, -0.15) is 0 Å². The standard InChI is InChI=1S/C38H38N4O8S/c1-3-25-21-38(25,37(46)41-51(47,48)28-15-16-28)40-35(44)32-19-27(22-42(32)36(45)34(43)24-12-8-5-9-13-24)50-33-20-30(23-10-6-4-7-11-23)39-31-18-26(49-2)14-17-29(31)33/h3-14,17-18,20,25,27-28,32,34,43H,1,15-16,19,21-22H2,2H3,(H,40,44)(H,41,46)/t25-,27-,32+,34-,38-/m1/s1. The van der Waals surface area contributed by atoms with Gasteiger partial charge in [0.25, 0.3) is 11.8 Å². The monoisotopic (exact) mass is 710 g/mol. The van der Waals surface area contributed by atoms with Crippen molar-refractivity contribution in [1.82, 2.24) is 19.9 Å². The largest absolute Gasteiger partial charge is 0.497 e. The zero-order valence-electron chi connectivity index (χ0n) is 27.9. The van der Waals surface area contributed by atoms with Crippen LogP contribution >= 0.6 is 0 Å². The van der Waals surface area contributed by atoms with Crippen molar-refractivity contribution in [3.05, 3.63) is 103 Å². The molecule has 3 fully saturated rings. The third-order valence-corrected chi connectivity index (χ3v) is 11.6. The number of ether oxygens (including phenoxy) is 2. The van der Waals surface area contributed by atoms with Crippen LogP contribution in [-0.2, 0) is 24.4 Å². The molecule has 5 atom stereocenters. The lowest BCUT2D eigenvalue weighted by atomic mass is 10.1. The summed E-state index contributed by atoms with van der Waals surface area (Å²) in [4.78, 5) is 47.6. The molecule has 1 aromatic heterocycles. The highest BCUT2D eigenvalue weighted by Gasteiger charge is 2.62. The van der Waals surface area contributed by atoms with E-state index in [4.69, 9.17) is 14.5 Å². The summed E-state index contributed by atoms with van der Waals surface area (Å²) in [5.74, 6) is -1.66. The number of nitrogens with one attached hydrogen (secondary N) is 2. The maximum atomic E-state index is 14.1. The minimum Gasteiger partial charge on any atom is -0.497 e. The average molecular weight is 711 g/mol. The number of pyridine rings is 1. The maximum Gasteiger partial charge on any atom is 0.259 e. The van der Waals surface area contributed by atoms with Crippen molar-refractivity contribution in [3.63, 3.8) is 0 Å². The second kappa shape index (κ2) is 13.5. The molecular weight excluding hydrogens is 673 g/mol. The zero-order valence-corrected chi connectivity index (χ0v) is 28.7. The minimum atomic E-state index is -3.89. The van der Waals surface area contributed by atoms with Gasteiger partial charge in [0.1, 0.15) is 29.2 Å². The van der Waals surface area contributed by atoms with Crippen LogP contribution in [0.5, 0.6) is 11.5 Å². The molecule has 0 spiro atoms. The van der Waals surface area contributed by atoms with Crippen LogP contribution < -0.4 is 19.5 Å². The van der Waals surface area contributed by atoms with Crippen molar-refractivity contribution < 1.29 is 37.4 Å². The number of amides is 3. The van der Waals surface area contributed by atoms with E-state index in [2.05, 4.69) is 16.6 Å². The number of hydrogen-bond donors (Lipinski definition) is 3. The summed E-state index contributed by atoms with van der Waals surface area (Å²) in [6.07, 6.45) is 0.321. The molecule has 7 rings (SSSR count). The lowest BCUT2D eigenvalue weighted by Crippen LogP contribution is -2.56. The number of sulfonamides is 1. The van der Waals surface area contributed by atoms with Gasteiger partial charge in [-0.3, -0.25) is 19.1 Å². The molecule has 12 nitrogen and oxygen atoms in total. The molecule has 0 radical (unpaired) electrons. The molecule has 2 saturated carbocycles. The first-order chi connectivity index (χ1) is 24.5. The Labute approximate surface area is 295 Å². The first-order valence-corrected chi connectivity index (χ1v) is 18.3. The summed E-state index contributed by atoms with van der Waals surface area (Å²) in [6.45, 7) is 3.71. The minimum absolute atomic E-state index is 0.0244. The molecule has 0 bridgehead atoms. The van der Waals surface area contributed by atoms with Crippen LogP contribution in [-0.4, -0.2) is 77.7 Å². The molecule has 51 heavy (non-hydrogen) atoms. The Morgan fingerprint density at radius 3 is 2.39 bits per heavy atom.